The Labute approximate surface area is 150 Å². The van der Waals surface area contributed by atoms with Crippen LogP contribution in [0, 0.1) is 5.82 Å². The lowest BCUT2D eigenvalue weighted by molar-refractivity contribution is 0.452. The fourth-order valence-electron chi connectivity index (χ4n) is 1.74. The zero-order valence-corrected chi connectivity index (χ0v) is 15.1. The van der Waals surface area contributed by atoms with Gasteiger partial charge in [-0.25, -0.2) is 4.39 Å². The number of anilines is 2. The molecule has 0 fully saturated rings. The van der Waals surface area contributed by atoms with E-state index in [-0.39, 0.29) is 17.3 Å². The molecule has 0 unspecified atom stereocenters. The van der Waals surface area contributed by atoms with E-state index >= 15 is 0 Å². The second-order valence-electron chi connectivity index (χ2n) is 4.99. The lowest BCUT2D eigenvalue weighted by atomic mass is 10.2. The maximum atomic E-state index is 12.8. The van der Waals surface area contributed by atoms with Crippen LogP contribution >= 0.6 is 11.3 Å². The Hall–Kier alpha value is -2.52. The van der Waals surface area contributed by atoms with Gasteiger partial charge in [-0.05, 0) is 36.4 Å². The van der Waals surface area contributed by atoms with E-state index in [1.807, 2.05) is 0 Å². The highest BCUT2D eigenvalue weighted by Gasteiger charge is 2.11. The number of nitrogens with one attached hydrogen (secondary N) is 1. The summed E-state index contributed by atoms with van der Waals surface area (Å²) in [5.74, 6) is -0.405. The molecule has 1 heterocycles. The van der Waals surface area contributed by atoms with Gasteiger partial charge >= 0.3 is 0 Å². The van der Waals surface area contributed by atoms with Crippen LogP contribution in [0.3, 0.4) is 0 Å². The number of nitrogens with zero attached hydrogens (tertiary/aromatic N) is 2. The normalized spacial score (nSPS) is 10.2. The number of benzene rings is 2. The van der Waals surface area contributed by atoms with E-state index < -0.39 is 10.8 Å². The van der Waals surface area contributed by atoms with E-state index in [0.29, 0.717) is 21.4 Å². The number of phenols is 2. The molecule has 0 bridgehead atoms. The van der Waals surface area contributed by atoms with Crippen LogP contribution < -0.4 is 5.32 Å². The molecule has 0 saturated carbocycles. The third-order valence-corrected chi connectivity index (χ3v) is 3.60. The average Bonchev–Trinajstić information content (AvgIpc) is 2.97. The number of hydrogen-bond donors (Lipinski definition) is 3. The lowest BCUT2D eigenvalue weighted by Crippen LogP contribution is -1.89. The summed E-state index contributed by atoms with van der Waals surface area (Å²) >= 11 is 1.24. The van der Waals surface area contributed by atoms with E-state index in [9.17, 15) is 18.8 Å². The SMILES string of the molecule is CS(C)=O.Oc1ccc(-c2nnc(Nc3ccc(F)cc3)s2)c(O)c1. The van der Waals surface area contributed by atoms with E-state index in [1.165, 1.54) is 35.6 Å². The quantitative estimate of drug-likeness (QED) is 0.643. The summed E-state index contributed by atoms with van der Waals surface area (Å²) in [7, 11) is -0.611. The van der Waals surface area contributed by atoms with Gasteiger partial charge in [0.15, 0.2) is 5.01 Å². The summed E-state index contributed by atoms with van der Waals surface area (Å²) < 4.78 is 22.4. The van der Waals surface area contributed by atoms with Crippen molar-refractivity contribution < 1.29 is 18.8 Å². The van der Waals surface area contributed by atoms with Gasteiger partial charge < -0.3 is 15.5 Å². The van der Waals surface area contributed by atoms with Crippen LogP contribution in [0.1, 0.15) is 0 Å². The molecule has 25 heavy (non-hydrogen) atoms. The van der Waals surface area contributed by atoms with Crippen molar-refractivity contribution >= 4 is 33.0 Å². The average molecular weight is 381 g/mol. The van der Waals surface area contributed by atoms with Gasteiger partial charge in [0.1, 0.15) is 17.3 Å². The van der Waals surface area contributed by atoms with Gasteiger partial charge in [0.05, 0.1) is 5.56 Å². The van der Waals surface area contributed by atoms with Gasteiger partial charge in [-0.1, -0.05) is 11.3 Å². The number of aromatic nitrogens is 2. The highest BCUT2D eigenvalue weighted by molar-refractivity contribution is 7.83. The summed E-state index contributed by atoms with van der Waals surface area (Å²) in [6, 6.07) is 10.1. The molecule has 0 spiro atoms. The van der Waals surface area contributed by atoms with Crippen molar-refractivity contribution in [2.24, 2.45) is 0 Å². The first-order valence-electron chi connectivity index (χ1n) is 6.98. The highest BCUT2D eigenvalue weighted by atomic mass is 32.2. The predicted octanol–water partition coefficient (Wildman–Crippen LogP) is 3.49. The number of hydrogen-bond acceptors (Lipinski definition) is 7. The minimum Gasteiger partial charge on any atom is -0.508 e. The molecule has 9 heteroatoms. The molecule has 0 aliphatic carbocycles. The molecule has 0 atom stereocenters. The number of aromatic hydroxyl groups is 2. The Kier molecular flexibility index (Phi) is 6.43. The molecule has 3 rings (SSSR count). The van der Waals surface area contributed by atoms with Gasteiger partial charge in [-0.15, -0.1) is 10.2 Å². The Balaban J connectivity index is 0.000000511. The second kappa shape index (κ2) is 8.54. The zero-order valence-electron chi connectivity index (χ0n) is 13.4. The molecule has 0 radical (unpaired) electrons. The topological polar surface area (TPSA) is 95.3 Å². The molecule has 1 aromatic heterocycles. The molecule has 0 aliphatic rings. The largest absolute Gasteiger partial charge is 0.508 e. The Bertz CT molecular complexity index is 865. The van der Waals surface area contributed by atoms with Crippen molar-refractivity contribution in [3.05, 3.63) is 48.3 Å². The molecule has 2 aromatic carbocycles. The molecule has 0 aliphatic heterocycles. The van der Waals surface area contributed by atoms with Crippen LogP contribution in [-0.4, -0.2) is 37.1 Å². The third-order valence-electron chi connectivity index (χ3n) is 2.73. The van der Waals surface area contributed by atoms with Gasteiger partial charge in [0.25, 0.3) is 0 Å². The fraction of sp³-hybridized carbons (Fsp3) is 0.125. The van der Waals surface area contributed by atoms with Gasteiger partial charge in [0, 0.05) is 35.1 Å². The summed E-state index contributed by atoms with van der Waals surface area (Å²) in [5, 5.41) is 31.0. The van der Waals surface area contributed by atoms with Crippen molar-refractivity contribution in [2.75, 3.05) is 17.8 Å². The summed E-state index contributed by atoms with van der Waals surface area (Å²) in [4.78, 5) is 0. The summed E-state index contributed by atoms with van der Waals surface area (Å²) in [5.41, 5.74) is 1.17. The Morgan fingerprint density at radius 1 is 1.08 bits per heavy atom. The van der Waals surface area contributed by atoms with Gasteiger partial charge in [-0.3, -0.25) is 4.21 Å². The monoisotopic (exact) mass is 381 g/mol. The van der Waals surface area contributed by atoms with Crippen molar-refractivity contribution in [2.45, 2.75) is 0 Å². The third kappa shape index (κ3) is 5.80. The highest BCUT2D eigenvalue weighted by Crippen LogP contribution is 2.35. The van der Waals surface area contributed by atoms with E-state index in [1.54, 1.807) is 30.7 Å². The molecular formula is C16H16FN3O3S2. The summed E-state index contributed by atoms with van der Waals surface area (Å²) in [6.45, 7) is 0. The maximum absolute atomic E-state index is 12.8. The van der Waals surface area contributed by atoms with Crippen LogP contribution in [0.5, 0.6) is 11.5 Å². The second-order valence-corrected chi connectivity index (χ2v) is 7.45. The molecule has 0 saturated heterocycles. The van der Waals surface area contributed by atoms with E-state index in [4.69, 9.17) is 0 Å². The zero-order chi connectivity index (χ0) is 18.4. The van der Waals surface area contributed by atoms with Gasteiger partial charge in [0.2, 0.25) is 5.13 Å². The smallest absolute Gasteiger partial charge is 0.210 e. The van der Waals surface area contributed by atoms with Crippen LogP contribution in [0.15, 0.2) is 42.5 Å². The minimum absolute atomic E-state index is 0.0228. The molecule has 3 aromatic rings. The van der Waals surface area contributed by atoms with Crippen LogP contribution in [-0.2, 0) is 10.8 Å². The van der Waals surface area contributed by atoms with Crippen molar-refractivity contribution in [3.63, 3.8) is 0 Å². The Morgan fingerprint density at radius 2 is 1.72 bits per heavy atom. The first-order valence-corrected chi connectivity index (χ1v) is 9.77. The summed E-state index contributed by atoms with van der Waals surface area (Å²) in [6.07, 6.45) is 3.28. The van der Waals surface area contributed by atoms with Gasteiger partial charge in [-0.2, -0.15) is 0 Å². The van der Waals surface area contributed by atoms with Crippen LogP contribution in [0.25, 0.3) is 10.6 Å². The van der Waals surface area contributed by atoms with E-state index in [0.717, 1.165) is 0 Å². The molecular weight excluding hydrogens is 365 g/mol. The first kappa shape index (κ1) is 18.8. The van der Waals surface area contributed by atoms with E-state index in [2.05, 4.69) is 15.5 Å². The van der Waals surface area contributed by atoms with Crippen molar-refractivity contribution in [1.82, 2.24) is 10.2 Å². The van der Waals surface area contributed by atoms with Crippen molar-refractivity contribution in [3.8, 4) is 22.1 Å². The number of phenolic OH excluding ortho intramolecular Hbond substituents is 2. The molecule has 132 valence electrons. The van der Waals surface area contributed by atoms with Crippen LogP contribution in [0.4, 0.5) is 15.2 Å². The standard InChI is InChI=1S/C14H10FN3O2S.C2H6OS/c15-8-1-3-9(4-2-8)16-14-18-17-13(21-14)11-6-5-10(19)7-12(11)20;1-4(2)3/h1-7,19-20H,(H,16,18);1-2H3. The minimum atomic E-state index is -0.611. The molecule has 0 amide bonds. The van der Waals surface area contributed by atoms with Crippen LogP contribution in [0.2, 0.25) is 0 Å². The van der Waals surface area contributed by atoms with Crippen molar-refractivity contribution in [1.29, 1.82) is 0 Å². The molecule has 3 N–H and O–H groups in total. The lowest BCUT2D eigenvalue weighted by Gasteiger charge is -2.01. The number of rotatable bonds is 3. The first-order chi connectivity index (χ1) is 11.8. The predicted molar refractivity (Wildman–Crippen MR) is 98.3 cm³/mol. The maximum Gasteiger partial charge on any atom is 0.210 e. The fourth-order valence-corrected chi connectivity index (χ4v) is 2.54. The molecule has 6 nitrogen and oxygen atoms in total. The Morgan fingerprint density at radius 3 is 2.32 bits per heavy atom. The number of halogens is 1.